The second-order valence-corrected chi connectivity index (χ2v) is 9.65. The predicted molar refractivity (Wildman–Crippen MR) is 146 cm³/mol. The number of nitrogens with one attached hydrogen (secondary N) is 1. The lowest BCUT2D eigenvalue weighted by Gasteiger charge is -2.32. The third-order valence-corrected chi connectivity index (χ3v) is 6.70. The van der Waals surface area contributed by atoms with E-state index in [0.717, 1.165) is 17.5 Å². The number of nitrogens with zero attached hydrogens (tertiary/aromatic N) is 1. The van der Waals surface area contributed by atoms with Crippen LogP contribution in [0, 0.1) is 0 Å². The molecule has 5 nitrogen and oxygen atoms in total. The third kappa shape index (κ3) is 7.74. The molecule has 7 heteroatoms. The summed E-state index contributed by atoms with van der Waals surface area (Å²) in [6.45, 7) is 4.21. The van der Waals surface area contributed by atoms with Crippen molar-refractivity contribution in [1.29, 1.82) is 0 Å². The first kappa shape index (κ1) is 27.6. The van der Waals surface area contributed by atoms with Gasteiger partial charge in [-0.05, 0) is 54.3 Å². The van der Waals surface area contributed by atoms with Crippen molar-refractivity contribution in [3.63, 3.8) is 0 Å². The number of rotatable bonds is 11. The van der Waals surface area contributed by atoms with E-state index in [4.69, 9.17) is 27.9 Å². The minimum absolute atomic E-state index is 0.0183. The van der Waals surface area contributed by atoms with Crippen LogP contribution in [0.5, 0.6) is 5.75 Å². The molecule has 0 aliphatic carbocycles. The van der Waals surface area contributed by atoms with E-state index in [1.807, 2.05) is 68.4 Å². The molecule has 0 bridgehead atoms. The van der Waals surface area contributed by atoms with Crippen LogP contribution in [0.15, 0.2) is 72.8 Å². The number of amides is 2. The van der Waals surface area contributed by atoms with Crippen LogP contribution in [0.1, 0.15) is 37.0 Å². The van der Waals surface area contributed by atoms with Crippen molar-refractivity contribution in [3.05, 3.63) is 99.5 Å². The number of hydrogen-bond donors (Lipinski definition) is 1. The van der Waals surface area contributed by atoms with Gasteiger partial charge in [0.2, 0.25) is 11.8 Å². The van der Waals surface area contributed by atoms with Gasteiger partial charge in [0.15, 0.2) is 0 Å². The molecule has 0 aromatic heterocycles. The Morgan fingerprint density at radius 1 is 0.972 bits per heavy atom. The monoisotopic (exact) mass is 526 g/mol. The highest BCUT2D eigenvalue weighted by Crippen LogP contribution is 2.24. The Balaban J connectivity index is 2.00. The van der Waals surface area contributed by atoms with Gasteiger partial charge in [0.05, 0.1) is 13.5 Å². The van der Waals surface area contributed by atoms with Crippen LogP contribution >= 0.6 is 23.2 Å². The van der Waals surface area contributed by atoms with Crippen LogP contribution in [-0.4, -0.2) is 35.9 Å². The lowest BCUT2D eigenvalue weighted by Crippen LogP contribution is -2.52. The number of halogens is 2. The molecule has 0 saturated heterocycles. The molecule has 0 unspecified atom stereocenters. The molecule has 0 spiro atoms. The van der Waals surface area contributed by atoms with E-state index in [1.165, 1.54) is 0 Å². The van der Waals surface area contributed by atoms with E-state index in [9.17, 15) is 9.59 Å². The molecule has 3 aromatic rings. The summed E-state index contributed by atoms with van der Waals surface area (Å²) in [7, 11) is 1.60. The van der Waals surface area contributed by atoms with Crippen molar-refractivity contribution >= 4 is 35.0 Å². The topological polar surface area (TPSA) is 58.6 Å². The second kappa shape index (κ2) is 13.3. The standard InChI is InChI=1S/C29H32Cl2N2O3/c1-4-20(2)32-29(35)27(16-21-9-6-5-7-10-21)33(19-22-11-8-12-25(15-22)36-3)28(34)17-23-13-14-24(30)18-26(23)31/h5-15,18,20,27H,4,16-17,19H2,1-3H3,(H,32,35)/t20-,27+/m1/s1. The highest BCUT2D eigenvalue weighted by atomic mass is 35.5. The maximum Gasteiger partial charge on any atom is 0.243 e. The van der Waals surface area contributed by atoms with E-state index in [-0.39, 0.29) is 30.8 Å². The lowest BCUT2D eigenvalue weighted by molar-refractivity contribution is -0.141. The van der Waals surface area contributed by atoms with E-state index in [0.29, 0.717) is 27.8 Å². The smallest absolute Gasteiger partial charge is 0.243 e. The molecule has 1 N–H and O–H groups in total. The zero-order chi connectivity index (χ0) is 26.1. The number of methoxy groups -OCH3 is 1. The van der Waals surface area contributed by atoms with Gasteiger partial charge in [0.25, 0.3) is 0 Å². The Morgan fingerprint density at radius 3 is 2.36 bits per heavy atom. The minimum atomic E-state index is -0.717. The highest BCUT2D eigenvalue weighted by molar-refractivity contribution is 6.35. The fraction of sp³-hybridized carbons (Fsp3) is 0.310. The molecule has 2 amide bonds. The van der Waals surface area contributed by atoms with Crippen molar-refractivity contribution in [2.24, 2.45) is 0 Å². The number of carbonyl (C=O) groups is 2. The first-order valence-electron chi connectivity index (χ1n) is 12.0. The fourth-order valence-corrected chi connectivity index (χ4v) is 4.37. The van der Waals surface area contributed by atoms with Crippen molar-refractivity contribution in [1.82, 2.24) is 10.2 Å². The number of carbonyl (C=O) groups excluding carboxylic acids is 2. The zero-order valence-corrected chi connectivity index (χ0v) is 22.4. The predicted octanol–water partition coefficient (Wildman–Crippen LogP) is 6.10. The summed E-state index contributed by atoms with van der Waals surface area (Å²) < 4.78 is 5.38. The summed E-state index contributed by atoms with van der Waals surface area (Å²) >= 11 is 12.4. The summed E-state index contributed by atoms with van der Waals surface area (Å²) in [5.41, 5.74) is 2.48. The van der Waals surface area contributed by atoms with E-state index in [2.05, 4.69) is 5.32 Å². The molecule has 0 fully saturated rings. The molecule has 36 heavy (non-hydrogen) atoms. The molecule has 0 aliphatic rings. The maximum absolute atomic E-state index is 13.8. The molecule has 0 saturated carbocycles. The maximum atomic E-state index is 13.8. The summed E-state index contributed by atoms with van der Waals surface area (Å²) in [6.07, 6.45) is 1.21. The third-order valence-electron chi connectivity index (χ3n) is 6.12. The molecule has 0 radical (unpaired) electrons. The Labute approximate surface area is 223 Å². The van der Waals surface area contributed by atoms with Gasteiger partial charge in [0.1, 0.15) is 11.8 Å². The van der Waals surface area contributed by atoms with Crippen LogP contribution in [0.2, 0.25) is 10.0 Å². The van der Waals surface area contributed by atoms with Gasteiger partial charge in [-0.1, -0.05) is 78.7 Å². The largest absolute Gasteiger partial charge is 0.497 e. The molecule has 0 aliphatic heterocycles. The number of ether oxygens (including phenoxy) is 1. The SMILES string of the molecule is CC[C@@H](C)NC(=O)[C@H](Cc1ccccc1)N(Cc1cccc(OC)c1)C(=O)Cc1ccc(Cl)cc1Cl. The molecule has 3 rings (SSSR count). The molecule has 190 valence electrons. The minimum Gasteiger partial charge on any atom is -0.497 e. The van der Waals surface area contributed by atoms with Crippen molar-refractivity contribution < 1.29 is 14.3 Å². The summed E-state index contributed by atoms with van der Waals surface area (Å²) in [6, 6.07) is 21.6. The van der Waals surface area contributed by atoms with Gasteiger partial charge in [-0.3, -0.25) is 9.59 Å². The second-order valence-electron chi connectivity index (χ2n) is 8.81. The molecule has 3 aromatic carbocycles. The quantitative estimate of drug-likeness (QED) is 0.328. The molecule has 0 heterocycles. The van der Waals surface area contributed by atoms with Gasteiger partial charge in [0, 0.05) is 29.1 Å². The number of hydrogen-bond acceptors (Lipinski definition) is 3. The molecule has 2 atom stereocenters. The molecular formula is C29H32Cl2N2O3. The Kier molecular flexibility index (Phi) is 10.2. The van der Waals surface area contributed by atoms with Gasteiger partial charge >= 0.3 is 0 Å². The van der Waals surface area contributed by atoms with E-state index in [1.54, 1.807) is 30.2 Å². The summed E-state index contributed by atoms with van der Waals surface area (Å²) in [5, 5.41) is 3.99. The Bertz CT molecular complexity index is 1170. The summed E-state index contributed by atoms with van der Waals surface area (Å²) in [4.78, 5) is 29.0. The average molecular weight is 527 g/mol. The number of benzene rings is 3. The van der Waals surface area contributed by atoms with Gasteiger partial charge in [-0.2, -0.15) is 0 Å². The average Bonchev–Trinajstić information content (AvgIpc) is 2.88. The highest BCUT2D eigenvalue weighted by Gasteiger charge is 2.31. The van der Waals surface area contributed by atoms with Crippen LogP contribution < -0.4 is 10.1 Å². The Hall–Kier alpha value is -3.02. The van der Waals surface area contributed by atoms with Crippen LogP contribution in [-0.2, 0) is 29.0 Å². The van der Waals surface area contributed by atoms with E-state index >= 15 is 0 Å². The van der Waals surface area contributed by atoms with Crippen LogP contribution in [0.4, 0.5) is 0 Å². The van der Waals surface area contributed by atoms with Gasteiger partial charge in [-0.25, -0.2) is 0 Å². The fourth-order valence-electron chi connectivity index (χ4n) is 3.89. The normalized spacial score (nSPS) is 12.5. The lowest BCUT2D eigenvalue weighted by atomic mass is 10.0. The van der Waals surface area contributed by atoms with Crippen LogP contribution in [0.25, 0.3) is 0 Å². The van der Waals surface area contributed by atoms with Gasteiger partial charge in [-0.15, -0.1) is 0 Å². The van der Waals surface area contributed by atoms with Gasteiger partial charge < -0.3 is 15.0 Å². The first-order valence-corrected chi connectivity index (χ1v) is 12.8. The van der Waals surface area contributed by atoms with Crippen molar-refractivity contribution in [2.45, 2.75) is 51.7 Å². The first-order chi connectivity index (χ1) is 17.3. The molecular weight excluding hydrogens is 495 g/mol. The zero-order valence-electron chi connectivity index (χ0n) is 20.8. The van der Waals surface area contributed by atoms with Crippen molar-refractivity contribution in [3.8, 4) is 5.75 Å². The van der Waals surface area contributed by atoms with E-state index < -0.39 is 6.04 Å². The Morgan fingerprint density at radius 2 is 1.69 bits per heavy atom. The van der Waals surface area contributed by atoms with Crippen molar-refractivity contribution in [2.75, 3.05) is 7.11 Å². The van der Waals surface area contributed by atoms with Crippen LogP contribution in [0.3, 0.4) is 0 Å². The summed E-state index contributed by atoms with van der Waals surface area (Å²) in [5.74, 6) is 0.290.